The fourth-order valence-corrected chi connectivity index (χ4v) is 1.76. The molecule has 3 atom stereocenters. The second-order valence-electron chi connectivity index (χ2n) is 3.33. The van der Waals surface area contributed by atoms with Crippen LogP contribution in [0.2, 0.25) is 0 Å². The Labute approximate surface area is 73.7 Å². The number of hydrogen-bond donors (Lipinski definition) is 1. The summed E-state index contributed by atoms with van der Waals surface area (Å²) in [5.41, 5.74) is 0. The summed E-state index contributed by atoms with van der Waals surface area (Å²) in [5, 5.41) is 11.8. The molecule has 1 aliphatic rings. The van der Waals surface area contributed by atoms with Gasteiger partial charge in [-0.05, 0) is 26.2 Å². The summed E-state index contributed by atoms with van der Waals surface area (Å²) in [7, 11) is 1.74. The Morgan fingerprint density at radius 3 is 2.92 bits per heavy atom. The van der Waals surface area contributed by atoms with Gasteiger partial charge in [0.1, 0.15) is 0 Å². The summed E-state index contributed by atoms with van der Waals surface area (Å²) in [6.07, 6.45) is 3.76. The van der Waals surface area contributed by atoms with Gasteiger partial charge < -0.3 is 4.74 Å². The molecule has 3 nitrogen and oxygen atoms in total. The van der Waals surface area contributed by atoms with E-state index in [9.17, 15) is 0 Å². The fraction of sp³-hybridized carbons (Fsp3) is 0.889. The number of rotatable bonds is 3. The molecule has 1 fully saturated rings. The van der Waals surface area contributed by atoms with E-state index in [-0.39, 0.29) is 6.04 Å². The van der Waals surface area contributed by atoms with Gasteiger partial charge in [-0.2, -0.15) is 5.26 Å². The Balaban J connectivity index is 2.36. The maximum atomic E-state index is 8.60. The van der Waals surface area contributed by atoms with E-state index in [1.165, 1.54) is 6.42 Å². The molecular formula is C9H16N2O. The second kappa shape index (κ2) is 4.44. The minimum atomic E-state index is -0.0641. The van der Waals surface area contributed by atoms with E-state index in [1.807, 2.05) is 6.92 Å². The van der Waals surface area contributed by atoms with Gasteiger partial charge in [0.05, 0.1) is 18.2 Å². The highest BCUT2D eigenvalue weighted by Crippen LogP contribution is 2.21. The lowest BCUT2D eigenvalue weighted by Gasteiger charge is -2.20. The highest BCUT2D eigenvalue weighted by atomic mass is 16.5. The maximum absolute atomic E-state index is 8.60. The average Bonchev–Trinajstić information content (AvgIpc) is 2.51. The first kappa shape index (κ1) is 9.50. The molecule has 1 saturated carbocycles. The van der Waals surface area contributed by atoms with Crippen molar-refractivity contribution in [1.82, 2.24) is 5.32 Å². The SMILES string of the molecule is COC1CCCC1NC(C)C#N. The molecular weight excluding hydrogens is 152 g/mol. The Morgan fingerprint density at radius 1 is 1.58 bits per heavy atom. The van der Waals surface area contributed by atoms with E-state index in [0.29, 0.717) is 12.1 Å². The van der Waals surface area contributed by atoms with Crippen molar-refractivity contribution < 1.29 is 4.74 Å². The minimum Gasteiger partial charge on any atom is -0.380 e. The molecule has 0 heterocycles. The van der Waals surface area contributed by atoms with Crippen LogP contribution in [-0.2, 0) is 4.74 Å². The van der Waals surface area contributed by atoms with Crippen LogP contribution in [0, 0.1) is 11.3 Å². The first-order valence-electron chi connectivity index (χ1n) is 4.46. The van der Waals surface area contributed by atoms with Crippen molar-refractivity contribution in [3.8, 4) is 6.07 Å². The molecule has 1 aliphatic carbocycles. The van der Waals surface area contributed by atoms with Crippen molar-refractivity contribution in [2.45, 2.75) is 44.4 Å². The largest absolute Gasteiger partial charge is 0.380 e. The monoisotopic (exact) mass is 168 g/mol. The minimum absolute atomic E-state index is 0.0641. The van der Waals surface area contributed by atoms with Crippen LogP contribution in [0.1, 0.15) is 26.2 Å². The lowest BCUT2D eigenvalue weighted by molar-refractivity contribution is 0.0839. The summed E-state index contributed by atoms with van der Waals surface area (Å²) in [4.78, 5) is 0. The number of ether oxygens (including phenoxy) is 1. The smallest absolute Gasteiger partial charge is 0.0927 e. The number of nitrogens with one attached hydrogen (secondary N) is 1. The van der Waals surface area contributed by atoms with Crippen molar-refractivity contribution in [3.63, 3.8) is 0 Å². The lowest BCUT2D eigenvalue weighted by atomic mass is 10.2. The topological polar surface area (TPSA) is 45.0 Å². The molecule has 0 amide bonds. The predicted octanol–water partition coefficient (Wildman–Crippen LogP) is 1.06. The molecule has 0 radical (unpaired) electrons. The van der Waals surface area contributed by atoms with Gasteiger partial charge in [-0.25, -0.2) is 0 Å². The molecule has 0 spiro atoms. The lowest BCUT2D eigenvalue weighted by Crippen LogP contribution is -2.41. The van der Waals surface area contributed by atoms with Gasteiger partial charge in [0.15, 0.2) is 0 Å². The number of nitriles is 1. The van der Waals surface area contributed by atoms with Crippen LogP contribution >= 0.6 is 0 Å². The van der Waals surface area contributed by atoms with E-state index in [4.69, 9.17) is 10.00 Å². The van der Waals surface area contributed by atoms with E-state index in [2.05, 4.69) is 11.4 Å². The van der Waals surface area contributed by atoms with E-state index >= 15 is 0 Å². The summed E-state index contributed by atoms with van der Waals surface area (Å²) < 4.78 is 5.30. The van der Waals surface area contributed by atoms with Gasteiger partial charge in [-0.3, -0.25) is 5.32 Å². The first-order chi connectivity index (χ1) is 5.77. The molecule has 0 aliphatic heterocycles. The Hall–Kier alpha value is -0.590. The van der Waals surface area contributed by atoms with Crippen molar-refractivity contribution in [2.24, 2.45) is 0 Å². The number of hydrogen-bond acceptors (Lipinski definition) is 3. The number of nitrogens with zero attached hydrogens (tertiary/aromatic N) is 1. The third-order valence-electron chi connectivity index (χ3n) is 2.41. The molecule has 1 rings (SSSR count). The third-order valence-corrected chi connectivity index (χ3v) is 2.41. The molecule has 0 aromatic carbocycles. The van der Waals surface area contributed by atoms with Crippen molar-refractivity contribution >= 4 is 0 Å². The molecule has 0 aromatic heterocycles. The number of methoxy groups -OCH3 is 1. The molecule has 1 N–H and O–H groups in total. The molecule has 0 saturated heterocycles. The van der Waals surface area contributed by atoms with Crippen LogP contribution in [0.15, 0.2) is 0 Å². The highest BCUT2D eigenvalue weighted by molar-refractivity contribution is 4.92. The van der Waals surface area contributed by atoms with Crippen LogP contribution in [0.25, 0.3) is 0 Å². The quantitative estimate of drug-likeness (QED) is 0.685. The standard InChI is InChI=1S/C9H16N2O/c1-7(6-10)11-8-4-3-5-9(8)12-2/h7-9,11H,3-5H2,1-2H3. The Bertz CT molecular complexity index is 176. The summed E-state index contributed by atoms with van der Waals surface area (Å²) >= 11 is 0. The Morgan fingerprint density at radius 2 is 2.33 bits per heavy atom. The van der Waals surface area contributed by atoms with Gasteiger partial charge >= 0.3 is 0 Å². The highest BCUT2D eigenvalue weighted by Gasteiger charge is 2.27. The van der Waals surface area contributed by atoms with Gasteiger partial charge in [0.25, 0.3) is 0 Å². The van der Waals surface area contributed by atoms with Crippen molar-refractivity contribution in [3.05, 3.63) is 0 Å². The Kier molecular flexibility index (Phi) is 3.51. The van der Waals surface area contributed by atoms with Gasteiger partial charge in [-0.1, -0.05) is 0 Å². The fourth-order valence-electron chi connectivity index (χ4n) is 1.76. The van der Waals surface area contributed by atoms with Crippen molar-refractivity contribution in [1.29, 1.82) is 5.26 Å². The van der Waals surface area contributed by atoms with Crippen LogP contribution < -0.4 is 5.32 Å². The van der Waals surface area contributed by atoms with Crippen molar-refractivity contribution in [2.75, 3.05) is 7.11 Å². The van der Waals surface area contributed by atoms with E-state index in [1.54, 1.807) is 7.11 Å². The molecule has 0 aromatic rings. The second-order valence-corrected chi connectivity index (χ2v) is 3.33. The van der Waals surface area contributed by atoms with E-state index in [0.717, 1.165) is 12.8 Å². The third kappa shape index (κ3) is 2.20. The van der Waals surface area contributed by atoms with Crippen LogP contribution in [0.4, 0.5) is 0 Å². The average molecular weight is 168 g/mol. The van der Waals surface area contributed by atoms with Crippen LogP contribution in [-0.4, -0.2) is 25.3 Å². The van der Waals surface area contributed by atoms with Gasteiger partial charge in [0, 0.05) is 13.2 Å². The zero-order valence-corrected chi connectivity index (χ0v) is 7.71. The maximum Gasteiger partial charge on any atom is 0.0927 e. The van der Waals surface area contributed by atoms with Crippen LogP contribution in [0.5, 0.6) is 0 Å². The summed E-state index contributed by atoms with van der Waals surface area (Å²) in [5.74, 6) is 0. The molecule has 3 unspecified atom stereocenters. The van der Waals surface area contributed by atoms with Gasteiger partial charge in [0.2, 0.25) is 0 Å². The molecule has 12 heavy (non-hydrogen) atoms. The molecule has 68 valence electrons. The summed E-state index contributed by atoms with van der Waals surface area (Å²) in [6, 6.07) is 2.48. The summed E-state index contributed by atoms with van der Waals surface area (Å²) in [6.45, 7) is 1.88. The van der Waals surface area contributed by atoms with E-state index < -0.39 is 0 Å². The molecule has 3 heteroatoms. The zero-order valence-electron chi connectivity index (χ0n) is 7.71. The van der Waals surface area contributed by atoms with Gasteiger partial charge in [-0.15, -0.1) is 0 Å². The predicted molar refractivity (Wildman–Crippen MR) is 46.6 cm³/mol. The normalized spacial score (nSPS) is 31.4. The molecule has 0 bridgehead atoms. The van der Waals surface area contributed by atoms with Crippen LogP contribution in [0.3, 0.4) is 0 Å². The first-order valence-corrected chi connectivity index (χ1v) is 4.46. The zero-order chi connectivity index (χ0) is 8.97.